The van der Waals surface area contributed by atoms with Crippen molar-refractivity contribution in [2.75, 3.05) is 12.5 Å². The van der Waals surface area contributed by atoms with Gasteiger partial charge >= 0.3 is 10.4 Å². The second-order valence-corrected chi connectivity index (χ2v) is 3.63. The van der Waals surface area contributed by atoms with Crippen LogP contribution in [0.2, 0.25) is 0 Å². The van der Waals surface area contributed by atoms with Crippen molar-refractivity contribution < 1.29 is 27.2 Å². The summed E-state index contributed by atoms with van der Waals surface area (Å²) in [5.41, 5.74) is 2.66. The van der Waals surface area contributed by atoms with Crippen LogP contribution in [0.4, 0.5) is 11.4 Å². The molecule has 0 saturated heterocycles. The van der Waals surface area contributed by atoms with Crippen molar-refractivity contribution in [3.63, 3.8) is 0 Å². The number of nitrogen functional groups attached to an aromatic ring is 1. The highest BCUT2D eigenvalue weighted by Gasteiger charge is 2.09. The minimum atomic E-state index is -4.67. The van der Waals surface area contributed by atoms with Gasteiger partial charge in [-0.05, 0) is 6.07 Å². The van der Waals surface area contributed by atoms with E-state index >= 15 is 0 Å². The van der Waals surface area contributed by atoms with Gasteiger partial charge in [0.1, 0.15) is 5.75 Å². The first-order valence-corrected chi connectivity index (χ1v) is 5.57. The molecule has 0 fully saturated rings. The highest BCUT2D eigenvalue weighted by molar-refractivity contribution is 7.79. The smallest absolute Gasteiger partial charge is 0.394 e. The molecule has 0 aliphatic carbocycles. The molecule has 0 saturated carbocycles. The fourth-order valence-electron chi connectivity index (χ4n) is 0.922. The Kier molecular flexibility index (Phi) is 5.98. The summed E-state index contributed by atoms with van der Waals surface area (Å²) >= 11 is 0. The van der Waals surface area contributed by atoms with E-state index in [1.165, 1.54) is 25.3 Å². The number of nitro benzene ring substituents is 1. The van der Waals surface area contributed by atoms with Crippen LogP contribution in [0.1, 0.15) is 0 Å². The summed E-state index contributed by atoms with van der Waals surface area (Å²) in [4.78, 5) is 9.87. The third kappa shape index (κ3) is 6.59. The Balaban J connectivity index is 0.000000494. The number of nitrogens with two attached hydrogens (primary N) is 1. The number of hydrogen-bond acceptors (Lipinski definition) is 7. The Morgan fingerprint density at radius 3 is 2.28 bits per heavy atom. The predicted octanol–water partition coefficient (Wildman–Crippen LogP) is 0.236. The average molecular weight is 281 g/mol. The molecule has 0 spiro atoms. The van der Waals surface area contributed by atoms with Crippen molar-refractivity contribution in [2.24, 2.45) is 5.84 Å². The monoisotopic (exact) mass is 281 g/mol. The van der Waals surface area contributed by atoms with Gasteiger partial charge in [-0.2, -0.15) is 8.42 Å². The van der Waals surface area contributed by atoms with Gasteiger partial charge in [-0.3, -0.25) is 25.1 Å². The first-order chi connectivity index (χ1) is 8.19. The maximum absolute atomic E-state index is 10.4. The molecule has 0 aliphatic rings. The highest BCUT2D eigenvalue weighted by atomic mass is 32.3. The molecule has 1 rings (SSSR count). The maximum atomic E-state index is 10.4. The minimum Gasteiger partial charge on any atom is -0.495 e. The lowest BCUT2D eigenvalue weighted by Crippen LogP contribution is -2.08. The van der Waals surface area contributed by atoms with Crippen LogP contribution in [0, 0.1) is 10.1 Å². The summed E-state index contributed by atoms with van der Waals surface area (Å²) in [6.45, 7) is 0. The Bertz CT molecular complexity index is 508. The molecule has 5 N–H and O–H groups in total. The number of nitrogens with one attached hydrogen (secondary N) is 1. The number of nitro groups is 1. The zero-order valence-electron chi connectivity index (χ0n) is 9.10. The van der Waals surface area contributed by atoms with Crippen LogP contribution in [0.25, 0.3) is 0 Å². The molecule has 18 heavy (non-hydrogen) atoms. The van der Waals surface area contributed by atoms with Crippen LogP contribution < -0.4 is 16.0 Å². The van der Waals surface area contributed by atoms with Gasteiger partial charge in [-0.15, -0.1) is 0 Å². The van der Waals surface area contributed by atoms with Crippen LogP contribution in [0.3, 0.4) is 0 Å². The largest absolute Gasteiger partial charge is 0.495 e. The fourth-order valence-corrected chi connectivity index (χ4v) is 0.922. The minimum absolute atomic E-state index is 0.0336. The molecule has 10 nitrogen and oxygen atoms in total. The third-order valence-electron chi connectivity index (χ3n) is 1.55. The molecule has 0 unspecified atom stereocenters. The SMILES string of the molecule is COc1ccc([N+](=O)[O-])cc1NN.O=S(=O)(O)O. The summed E-state index contributed by atoms with van der Waals surface area (Å²) in [7, 11) is -3.21. The molecule has 0 aromatic heterocycles. The second kappa shape index (κ2) is 6.70. The maximum Gasteiger partial charge on any atom is 0.394 e. The van der Waals surface area contributed by atoms with E-state index in [0.717, 1.165) is 0 Å². The van der Waals surface area contributed by atoms with Gasteiger partial charge in [0.2, 0.25) is 0 Å². The summed E-state index contributed by atoms with van der Waals surface area (Å²) in [6, 6.07) is 4.13. The van der Waals surface area contributed by atoms with Gasteiger partial charge in [-0.25, -0.2) is 0 Å². The summed E-state index contributed by atoms with van der Waals surface area (Å²) in [5.74, 6) is 5.61. The normalized spacial score (nSPS) is 10.0. The van der Waals surface area contributed by atoms with Gasteiger partial charge in [0.15, 0.2) is 0 Å². The Morgan fingerprint density at radius 1 is 1.44 bits per heavy atom. The van der Waals surface area contributed by atoms with E-state index in [4.69, 9.17) is 28.1 Å². The van der Waals surface area contributed by atoms with E-state index in [1.807, 2.05) is 0 Å². The van der Waals surface area contributed by atoms with Crippen LogP contribution in [-0.4, -0.2) is 29.6 Å². The van der Waals surface area contributed by atoms with E-state index < -0.39 is 15.3 Å². The molecule has 102 valence electrons. The molecule has 0 heterocycles. The number of nitrogens with zero attached hydrogens (tertiary/aromatic N) is 1. The molecular weight excluding hydrogens is 270 g/mol. The van der Waals surface area contributed by atoms with Crippen LogP contribution >= 0.6 is 0 Å². The summed E-state index contributed by atoms with van der Waals surface area (Å²) < 4.78 is 36.5. The van der Waals surface area contributed by atoms with E-state index in [9.17, 15) is 10.1 Å². The first-order valence-electron chi connectivity index (χ1n) is 4.18. The summed E-state index contributed by atoms with van der Waals surface area (Å²) in [5, 5.41) is 10.4. The Hall–Kier alpha value is -1.95. The molecule has 0 atom stereocenters. The molecular formula is C7H11N3O7S. The van der Waals surface area contributed by atoms with Gasteiger partial charge in [0.05, 0.1) is 17.7 Å². The number of hydrazine groups is 1. The fraction of sp³-hybridized carbons (Fsp3) is 0.143. The Labute approximate surface area is 102 Å². The van der Waals surface area contributed by atoms with Gasteiger partial charge < -0.3 is 10.2 Å². The molecule has 0 bridgehead atoms. The van der Waals surface area contributed by atoms with E-state index in [-0.39, 0.29) is 5.69 Å². The number of anilines is 1. The first kappa shape index (κ1) is 16.1. The van der Waals surface area contributed by atoms with Gasteiger partial charge in [-0.1, -0.05) is 0 Å². The quantitative estimate of drug-likeness (QED) is 0.262. The van der Waals surface area contributed by atoms with E-state index in [0.29, 0.717) is 11.4 Å². The molecule has 11 heteroatoms. The molecule has 0 amide bonds. The van der Waals surface area contributed by atoms with Crippen molar-refractivity contribution in [3.05, 3.63) is 28.3 Å². The number of non-ortho nitro benzene ring substituents is 1. The zero-order valence-corrected chi connectivity index (χ0v) is 9.92. The number of benzene rings is 1. The van der Waals surface area contributed by atoms with Crippen LogP contribution in [0.5, 0.6) is 5.75 Å². The molecule has 0 radical (unpaired) electrons. The summed E-state index contributed by atoms with van der Waals surface area (Å²) in [6.07, 6.45) is 0. The molecule has 1 aromatic rings. The molecule has 0 aliphatic heterocycles. The average Bonchev–Trinajstić information content (AvgIpc) is 2.25. The lowest BCUT2D eigenvalue weighted by Gasteiger charge is -2.06. The molecule has 1 aromatic carbocycles. The predicted molar refractivity (Wildman–Crippen MR) is 61.6 cm³/mol. The van der Waals surface area contributed by atoms with Crippen LogP contribution in [-0.2, 0) is 10.4 Å². The number of ether oxygens (including phenoxy) is 1. The number of methoxy groups -OCH3 is 1. The second-order valence-electron chi connectivity index (χ2n) is 2.73. The van der Waals surface area contributed by atoms with Gasteiger partial charge in [0.25, 0.3) is 5.69 Å². The lowest BCUT2D eigenvalue weighted by molar-refractivity contribution is -0.384. The van der Waals surface area contributed by atoms with Gasteiger partial charge in [0, 0.05) is 12.1 Å². The number of hydrogen-bond donors (Lipinski definition) is 4. The van der Waals surface area contributed by atoms with Crippen molar-refractivity contribution in [3.8, 4) is 5.75 Å². The Morgan fingerprint density at radius 2 is 1.94 bits per heavy atom. The van der Waals surface area contributed by atoms with E-state index in [2.05, 4.69) is 5.43 Å². The lowest BCUT2D eigenvalue weighted by atomic mass is 10.2. The van der Waals surface area contributed by atoms with Crippen molar-refractivity contribution >= 4 is 21.8 Å². The van der Waals surface area contributed by atoms with Crippen LogP contribution in [0.15, 0.2) is 18.2 Å². The highest BCUT2D eigenvalue weighted by Crippen LogP contribution is 2.27. The zero-order chi connectivity index (χ0) is 14.3. The van der Waals surface area contributed by atoms with E-state index in [1.54, 1.807) is 0 Å². The van der Waals surface area contributed by atoms with Crippen molar-refractivity contribution in [1.29, 1.82) is 0 Å². The van der Waals surface area contributed by atoms with Crippen molar-refractivity contribution in [1.82, 2.24) is 0 Å². The topological polar surface area (TPSA) is 165 Å². The standard InChI is InChI=1S/C7H9N3O3.H2O4S/c1-13-7-3-2-5(10(11)12)4-6(7)9-8;1-5(2,3)4/h2-4,9H,8H2,1H3;(H2,1,2,3,4). The third-order valence-corrected chi connectivity index (χ3v) is 1.55. The number of rotatable bonds is 3. The van der Waals surface area contributed by atoms with Crippen molar-refractivity contribution in [2.45, 2.75) is 0 Å².